The molecule has 0 saturated carbocycles. The van der Waals surface area contributed by atoms with Crippen molar-refractivity contribution in [2.75, 3.05) is 19.6 Å². The minimum Gasteiger partial charge on any atom is -0.446 e. The van der Waals surface area contributed by atoms with Crippen molar-refractivity contribution in [3.8, 4) is 0 Å². The van der Waals surface area contributed by atoms with Crippen LogP contribution in [0.3, 0.4) is 0 Å². The lowest BCUT2D eigenvalue weighted by atomic mass is 10.1. The zero-order valence-electron chi connectivity index (χ0n) is 11.7. The number of rotatable bonds is 6. The highest BCUT2D eigenvalue weighted by Gasteiger charge is 2.20. The Morgan fingerprint density at radius 3 is 2.75 bits per heavy atom. The molecule has 112 valence electrons. The second kappa shape index (κ2) is 7.25. The highest BCUT2D eigenvalue weighted by Crippen LogP contribution is 2.14. The molecule has 7 nitrogen and oxygen atoms in total. The average molecular weight is 281 g/mol. The maximum atomic E-state index is 10.7. The van der Waals surface area contributed by atoms with Crippen molar-refractivity contribution in [1.82, 2.24) is 14.5 Å². The first-order valence-electron chi connectivity index (χ1n) is 7.06. The number of hydrogen-bond acceptors (Lipinski definition) is 5. The Labute approximate surface area is 118 Å². The Hall–Kier alpha value is -1.60. The van der Waals surface area contributed by atoms with Crippen molar-refractivity contribution >= 4 is 6.09 Å². The van der Waals surface area contributed by atoms with Crippen LogP contribution in [0.2, 0.25) is 0 Å². The van der Waals surface area contributed by atoms with Crippen molar-refractivity contribution in [2.45, 2.75) is 38.5 Å². The van der Waals surface area contributed by atoms with Crippen LogP contribution in [0.1, 0.15) is 25.0 Å². The molecule has 0 aromatic carbocycles. The van der Waals surface area contributed by atoms with Crippen molar-refractivity contribution in [3.63, 3.8) is 0 Å². The molecule has 2 heterocycles. The number of carbonyl (C=O) groups excluding carboxylic acids is 1. The van der Waals surface area contributed by atoms with Gasteiger partial charge in [-0.3, -0.25) is 0 Å². The van der Waals surface area contributed by atoms with Gasteiger partial charge in [0.2, 0.25) is 0 Å². The number of nitrogens with zero attached hydrogens (tertiary/aromatic N) is 3. The lowest BCUT2D eigenvalue weighted by Crippen LogP contribution is -2.39. The molecule has 4 N–H and O–H groups in total. The van der Waals surface area contributed by atoms with E-state index in [1.54, 1.807) is 0 Å². The summed E-state index contributed by atoms with van der Waals surface area (Å²) < 4.78 is 7.09. The lowest BCUT2D eigenvalue weighted by molar-refractivity contribution is 0.0557. The zero-order valence-corrected chi connectivity index (χ0v) is 11.7. The van der Waals surface area contributed by atoms with Gasteiger partial charge in [-0.05, 0) is 25.8 Å². The molecule has 0 unspecified atom stereocenters. The third kappa shape index (κ3) is 4.50. The van der Waals surface area contributed by atoms with E-state index in [0.29, 0.717) is 6.54 Å². The molecule has 1 aliphatic heterocycles. The van der Waals surface area contributed by atoms with Crippen LogP contribution in [0.5, 0.6) is 0 Å². The first-order valence-corrected chi connectivity index (χ1v) is 7.06. The molecule has 1 aromatic heterocycles. The average Bonchev–Trinajstić information content (AvgIpc) is 2.88. The smallest absolute Gasteiger partial charge is 0.404 e. The molecule has 0 aliphatic carbocycles. The van der Waals surface area contributed by atoms with Crippen molar-refractivity contribution < 1.29 is 9.53 Å². The minimum absolute atomic E-state index is 0.00971. The summed E-state index contributed by atoms with van der Waals surface area (Å²) in [5, 5.41) is 0. The summed E-state index contributed by atoms with van der Waals surface area (Å²) in [6, 6.07) is 0. The molecule has 0 bridgehead atoms. The van der Waals surface area contributed by atoms with Crippen LogP contribution in [0.15, 0.2) is 12.5 Å². The van der Waals surface area contributed by atoms with Crippen LogP contribution in [-0.4, -0.2) is 46.3 Å². The standard InChI is InChI=1S/C13H23N5O2/c14-8-11-9-18(10-16-11)5-1-4-17-6-2-12(3-7-17)20-13(15)19/h9-10,12H,1-8,14H2,(H2,15,19). The Bertz CT molecular complexity index is 426. The molecule has 0 radical (unpaired) electrons. The summed E-state index contributed by atoms with van der Waals surface area (Å²) in [6.07, 6.45) is 5.95. The van der Waals surface area contributed by atoms with Crippen LogP contribution in [0.4, 0.5) is 4.79 Å². The molecular weight excluding hydrogens is 258 g/mol. The number of aromatic nitrogens is 2. The molecule has 0 spiro atoms. The second-order valence-corrected chi connectivity index (χ2v) is 5.14. The number of imidazole rings is 1. The van der Waals surface area contributed by atoms with Crippen molar-refractivity contribution in [3.05, 3.63) is 18.2 Å². The third-order valence-corrected chi connectivity index (χ3v) is 3.60. The van der Waals surface area contributed by atoms with Gasteiger partial charge in [-0.1, -0.05) is 0 Å². The fourth-order valence-electron chi connectivity index (χ4n) is 2.53. The summed E-state index contributed by atoms with van der Waals surface area (Å²) in [5.74, 6) is 0. The summed E-state index contributed by atoms with van der Waals surface area (Å²) in [4.78, 5) is 17.3. The molecule has 1 aromatic rings. The molecule has 2 rings (SSSR count). The minimum atomic E-state index is -0.667. The van der Waals surface area contributed by atoms with Gasteiger partial charge < -0.3 is 25.7 Å². The van der Waals surface area contributed by atoms with Gasteiger partial charge in [-0.25, -0.2) is 9.78 Å². The van der Waals surface area contributed by atoms with E-state index in [-0.39, 0.29) is 6.10 Å². The highest BCUT2D eigenvalue weighted by atomic mass is 16.6. The largest absolute Gasteiger partial charge is 0.446 e. The van der Waals surface area contributed by atoms with Crippen LogP contribution in [-0.2, 0) is 17.8 Å². The SMILES string of the molecule is NCc1cn(CCCN2CCC(OC(N)=O)CC2)cn1. The van der Waals surface area contributed by atoms with Gasteiger partial charge in [0.1, 0.15) is 6.10 Å². The van der Waals surface area contributed by atoms with E-state index in [1.165, 1.54) is 0 Å². The van der Waals surface area contributed by atoms with Crippen LogP contribution in [0, 0.1) is 0 Å². The summed E-state index contributed by atoms with van der Waals surface area (Å²) in [6.45, 7) is 4.39. The summed E-state index contributed by atoms with van der Waals surface area (Å²) >= 11 is 0. The molecule has 1 saturated heterocycles. The van der Waals surface area contributed by atoms with Gasteiger partial charge in [-0.2, -0.15) is 0 Å². The number of piperidine rings is 1. The quantitative estimate of drug-likeness (QED) is 0.781. The first-order chi connectivity index (χ1) is 9.67. The molecule has 7 heteroatoms. The molecular formula is C13H23N5O2. The molecule has 20 heavy (non-hydrogen) atoms. The normalized spacial score (nSPS) is 17.2. The van der Waals surface area contributed by atoms with Crippen molar-refractivity contribution in [2.24, 2.45) is 11.5 Å². The topological polar surface area (TPSA) is 99.4 Å². The predicted molar refractivity (Wildman–Crippen MR) is 74.9 cm³/mol. The number of nitrogens with two attached hydrogens (primary N) is 2. The Balaban J connectivity index is 1.62. The van der Waals surface area contributed by atoms with Gasteiger partial charge in [0.25, 0.3) is 0 Å². The number of carbonyl (C=O) groups is 1. The van der Waals surface area contributed by atoms with Gasteiger partial charge in [-0.15, -0.1) is 0 Å². The molecule has 1 aliphatic rings. The molecule has 1 fully saturated rings. The number of aryl methyl sites for hydroxylation is 1. The summed E-state index contributed by atoms with van der Waals surface area (Å²) in [5.41, 5.74) is 11.5. The van der Waals surface area contributed by atoms with Crippen LogP contribution >= 0.6 is 0 Å². The molecule has 0 atom stereocenters. The highest BCUT2D eigenvalue weighted by molar-refractivity contribution is 5.64. The van der Waals surface area contributed by atoms with Gasteiger partial charge in [0.15, 0.2) is 0 Å². The Kier molecular flexibility index (Phi) is 5.37. The Morgan fingerprint density at radius 1 is 1.40 bits per heavy atom. The third-order valence-electron chi connectivity index (χ3n) is 3.60. The van der Waals surface area contributed by atoms with E-state index in [4.69, 9.17) is 16.2 Å². The number of ether oxygens (including phenoxy) is 1. The first kappa shape index (κ1) is 14.8. The van der Waals surface area contributed by atoms with E-state index < -0.39 is 6.09 Å². The fourth-order valence-corrected chi connectivity index (χ4v) is 2.53. The second-order valence-electron chi connectivity index (χ2n) is 5.14. The van der Waals surface area contributed by atoms with E-state index in [1.807, 2.05) is 12.5 Å². The number of likely N-dealkylation sites (tertiary alicyclic amines) is 1. The van der Waals surface area contributed by atoms with Crippen LogP contribution < -0.4 is 11.5 Å². The van der Waals surface area contributed by atoms with Crippen LogP contribution in [0.25, 0.3) is 0 Å². The fraction of sp³-hybridized carbons (Fsp3) is 0.692. The van der Waals surface area contributed by atoms with E-state index >= 15 is 0 Å². The van der Waals surface area contributed by atoms with Gasteiger partial charge in [0.05, 0.1) is 12.0 Å². The van der Waals surface area contributed by atoms with Gasteiger partial charge >= 0.3 is 6.09 Å². The maximum Gasteiger partial charge on any atom is 0.404 e. The predicted octanol–water partition coefficient (Wildman–Crippen LogP) is 0.292. The number of amides is 1. The lowest BCUT2D eigenvalue weighted by Gasteiger charge is -2.31. The van der Waals surface area contributed by atoms with Crippen molar-refractivity contribution in [1.29, 1.82) is 0 Å². The maximum absolute atomic E-state index is 10.7. The van der Waals surface area contributed by atoms with E-state index in [2.05, 4.69) is 14.5 Å². The molecule has 1 amide bonds. The number of primary amides is 1. The van der Waals surface area contributed by atoms with Gasteiger partial charge in [0, 0.05) is 32.4 Å². The zero-order chi connectivity index (χ0) is 14.4. The van der Waals surface area contributed by atoms with E-state index in [0.717, 1.165) is 51.1 Å². The van der Waals surface area contributed by atoms with E-state index in [9.17, 15) is 4.79 Å². The number of hydrogen-bond donors (Lipinski definition) is 2. The summed E-state index contributed by atoms with van der Waals surface area (Å²) in [7, 11) is 0. The monoisotopic (exact) mass is 281 g/mol. The Morgan fingerprint density at radius 2 is 2.15 bits per heavy atom.